The normalized spacial score (nSPS) is 24.2. The molecule has 1 aromatic carbocycles. The number of hydrogen-bond donors (Lipinski definition) is 1. The van der Waals surface area contributed by atoms with Gasteiger partial charge in [0.05, 0.1) is 13.2 Å². The van der Waals surface area contributed by atoms with Crippen molar-refractivity contribution in [3.63, 3.8) is 0 Å². The van der Waals surface area contributed by atoms with E-state index in [2.05, 4.69) is 58.3 Å². The standard InChI is InChI=1S/C18H27NO2/c1-17(2)16(18(17,3)4)15(19-5)12-7-8-13-14(11-12)21-10-6-9-20-13/h7-8,11,15-16,19H,6,9-10H2,1-5H3. The van der Waals surface area contributed by atoms with Crippen LogP contribution in [-0.4, -0.2) is 20.3 Å². The van der Waals surface area contributed by atoms with E-state index in [4.69, 9.17) is 9.47 Å². The highest BCUT2D eigenvalue weighted by Crippen LogP contribution is 2.72. The van der Waals surface area contributed by atoms with Crippen molar-refractivity contribution in [1.29, 1.82) is 0 Å². The summed E-state index contributed by atoms with van der Waals surface area (Å²) in [5, 5.41) is 3.52. The molecule has 1 saturated carbocycles. The van der Waals surface area contributed by atoms with E-state index in [0.717, 1.165) is 31.1 Å². The van der Waals surface area contributed by atoms with Crippen molar-refractivity contribution in [2.45, 2.75) is 40.2 Å². The highest BCUT2D eigenvalue weighted by Gasteiger charge is 2.67. The lowest BCUT2D eigenvalue weighted by atomic mass is 9.96. The minimum atomic E-state index is 0.352. The van der Waals surface area contributed by atoms with Gasteiger partial charge in [0.2, 0.25) is 0 Å². The first-order valence-corrected chi connectivity index (χ1v) is 7.96. The quantitative estimate of drug-likeness (QED) is 0.918. The van der Waals surface area contributed by atoms with Gasteiger partial charge in [-0.15, -0.1) is 0 Å². The molecule has 2 aliphatic rings. The molecule has 3 heteroatoms. The van der Waals surface area contributed by atoms with Crippen LogP contribution in [0.5, 0.6) is 11.5 Å². The maximum atomic E-state index is 5.84. The number of fused-ring (bicyclic) bond motifs is 1. The summed E-state index contributed by atoms with van der Waals surface area (Å²) in [6.07, 6.45) is 0.947. The molecule has 1 fully saturated rings. The van der Waals surface area contributed by atoms with Crippen molar-refractivity contribution in [2.75, 3.05) is 20.3 Å². The van der Waals surface area contributed by atoms with Gasteiger partial charge in [-0.1, -0.05) is 33.8 Å². The highest BCUT2D eigenvalue weighted by atomic mass is 16.5. The van der Waals surface area contributed by atoms with E-state index in [1.807, 2.05) is 0 Å². The lowest BCUT2D eigenvalue weighted by Crippen LogP contribution is -2.21. The summed E-state index contributed by atoms with van der Waals surface area (Å²) in [6.45, 7) is 10.9. The molecule has 0 spiro atoms. The molecule has 1 aliphatic carbocycles. The minimum absolute atomic E-state index is 0.352. The Bertz CT molecular complexity index is 522. The zero-order chi connectivity index (χ0) is 15.3. The number of benzene rings is 1. The predicted octanol–water partition coefficient (Wildman–Crippen LogP) is 3.79. The lowest BCUT2D eigenvalue weighted by molar-refractivity contribution is 0.296. The fraction of sp³-hybridized carbons (Fsp3) is 0.667. The molecule has 116 valence electrons. The molecular formula is C18H27NO2. The van der Waals surface area contributed by atoms with Gasteiger partial charge in [0.15, 0.2) is 11.5 Å². The van der Waals surface area contributed by atoms with Gasteiger partial charge in [-0.25, -0.2) is 0 Å². The first kappa shape index (κ1) is 14.7. The van der Waals surface area contributed by atoms with Gasteiger partial charge < -0.3 is 14.8 Å². The molecular weight excluding hydrogens is 262 g/mol. The molecule has 3 nitrogen and oxygen atoms in total. The van der Waals surface area contributed by atoms with Crippen molar-refractivity contribution in [3.05, 3.63) is 23.8 Å². The van der Waals surface area contributed by atoms with Crippen LogP contribution in [0.3, 0.4) is 0 Å². The first-order valence-electron chi connectivity index (χ1n) is 7.96. The average Bonchev–Trinajstić information content (AvgIpc) is 2.96. The summed E-state index contributed by atoms with van der Waals surface area (Å²) in [7, 11) is 2.05. The van der Waals surface area contributed by atoms with E-state index in [0.29, 0.717) is 22.8 Å². The molecule has 0 radical (unpaired) electrons. The van der Waals surface area contributed by atoms with Crippen molar-refractivity contribution in [3.8, 4) is 11.5 Å². The fourth-order valence-electron chi connectivity index (χ4n) is 3.98. The summed E-state index contributed by atoms with van der Waals surface area (Å²) in [5.41, 5.74) is 2.00. The molecule has 0 saturated heterocycles. The zero-order valence-electron chi connectivity index (χ0n) is 13.8. The zero-order valence-corrected chi connectivity index (χ0v) is 13.8. The van der Waals surface area contributed by atoms with E-state index >= 15 is 0 Å². The summed E-state index contributed by atoms with van der Waals surface area (Å²) in [6, 6.07) is 6.75. The molecule has 0 aromatic heterocycles. The van der Waals surface area contributed by atoms with Crippen LogP contribution in [0.2, 0.25) is 0 Å². The summed E-state index contributed by atoms with van der Waals surface area (Å²) >= 11 is 0. The SMILES string of the molecule is CNC(c1ccc2c(c1)OCCCO2)C1C(C)(C)C1(C)C. The molecule has 1 atom stereocenters. The molecule has 1 aliphatic heterocycles. The maximum absolute atomic E-state index is 5.84. The summed E-state index contributed by atoms with van der Waals surface area (Å²) in [5.74, 6) is 2.39. The molecule has 21 heavy (non-hydrogen) atoms. The molecule has 0 amide bonds. The minimum Gasteiger partial charge on any atom is -0.490 e. The Kier molecular flexibility index (Phi) is 3.44. The van der Waals surface area contributed by atoms with E-state index in [1.165, 1.54) is 5.56 Å². The van der Waals surface area contributed by atoms with Crippen LogP contribution in [-0.2, 0) is 0 Å². The largest absolute Gasteiger partial charge is 0.490 e. The number of rotatable bonds is 3. The fourth-order valence-corrected chi connectivity index (χ4v) is 3.98. The molecule has 0 bridgehead atoms. The Morgan fingerprint density at radius 3 is 2.24 bits per heavy atom. The Labute approximate surface area is 128 Å². The third-order valence-electron chi connectivity index (χ3n) is 5.91. The van der Waals surface area contributed by atoms with Crippen LogP contribution in [0.25, 0.3) is 0 Å². The second-order valence-electron chi connectivity index (χ2n) is 7.44. The summed E-state index contributed by atoms with van der Waals surface area (Å²) in [4.78, 5) is 0. The second kappa shape index (κ2) is 4.91. The number of ether oxygens (including phenoxy) is 2. The van der Waals surface area contributed by atoms with Gasteiger partial charge in [0.1, 0.15) is 0 Å². The predicted molar refractivity (Wildman–Crippen MR) is 84.9 cm³/mol. The maximum Gasteiger partial charge on any atom is 0.161 e. The van der Waals surface area contributed by atoms with E-state index in [1.54, 1.807) is 0 Å². The van der Waals surface area contributed by atoms with Crippen LogP contribution in [0, 0.1) is 16.7 Å². The Morgan fingerprint density at radius 1 is 1.05 bits per heavy atom. The molecule has 1 N–H and O–H groups in total. The average molecular weight is 289 g/mol. The highest BCUT2D eigenvalue weighted by molar-refractivity contribution is 5.45. The Morgan fingerprint density at radius 2 is 1.67 bits per heavy atom. The van der Waals surface area contributed by atoms with Crippen LogP contribution in [0.1, 0.15) is 45.7 Å². The molecule has 1 heterocycles. The van der Waals surface area contributed by atoms with E-state index < -0.39 is 0 Å². The number of nitrogens with one attached hydrogen (secondary N) is 1. The van der Waals surface area contributed by atoms with Crippen LogP contribution >= 0.6 is 0 Å². The molecule has 1 aromatic rings. The van der Waals surface area contributed by atoms with Gasteiger partial charge in [0, 0.05) is 12.5 Å². The topological polar surface area (TPSA) is 30.5 Å². The van der Waals surface area contributed by atoms with E-state index in [-0.39, 0.29) is 0 Å². The van der Waals surface area contributed by atoms with Gasteiger partial charge >= 0.3 is 0 Å². The monoisotopic (exact) mass is 289 g/mol. The van der Waals surface area contributed by atoms with Gasteiger partial charge in [-0.05, 0) is 41.5 Å². The lowest BCUT2D eigenvalue weighted by Gasteiger charge is -2.20. The van der Waals surface area contributed by atoms with Crippen LogP contribution in [0.15, 0.2) is 18.2 Å². The van der Waals surface area contributed by atoms with Crippen molar-refractivity contribution < 1.29 is 9.47 Å². The smallest absolute Gasteiger partial charge is 0.161 e. The number of hydrogen-bond acceptors (Lipinski definition) is 3. The third-order valence-corrected chi connectivity index (χ3v) is 5.91. The van der Waals surface area contributed by atoms with Crippen molar-refractivity contribution in [1.82, 2.24) is 5.32 Å². The Hall–Kier alpha value is -1.22. The summed E-state index contributed by atoms with van der Waals surface area (Å²) < 4.78 is 11.6. The Balaban J connectivity index is 1.91. The van der Waals surface area contributed by atoms with Crippen LogP contribution in [0.4, 0.5) is 0 Å². The van der Waals surface area contributed by atoms with Gasteiger partial charge in [-0.3, -0.25) is 0 Å². The third kappa shape index (κ3) is 2.22. The van der Waals surface area contributed by atoms with Gasteiger partial charge in [-0.2, -0.15) is 0 Å². The second-order valence-corrected chi connectivity index (χ2v) is 7.44. The first-order chi connectivity index (χ1) is 9.89. The van der Waals surface area contributed by atoms with E-state index in [9.17, 15) is 0 Å². The molecule has 1 unspecified atom stereocenters. The van der Waals surface area contributed by atoms with Crippen molar-refractivity contribution in [2.24, 2.45) is 16.7 Å². The van der Waals surface area contributed by atoms with Crippen molar-refractivity contribution >= 4 is 0 Å². The molecule has 3 rings (SSSR count). The van der Waals surface area contributed by atoms with Gasteiger partial charge in [0.25, 0.3) is 0 Å². The van der Waals surface area contributed by atoms with Crippen LogP contribution < -0.4 is 14.8 Å².